The number of carbonyl (C=O) groups excluding carboxylic acids is 1. The summed E-state index contributed by atoms with van der Waals surface area (Å²) in [4.78, 5) is 19.1. The summed E-state index contributed by atoms with van der Waals surface area (Å²) in [5, 5.41) is 8.37. The van der Waals surface area contributed by atoms with Crippen LogP contribution in [-0.2, 0) is 4.79 Å². The van der Waals surface area contributed by atoms with Crippen molar-refractivity contribution in [2.45, 2.75) is 32.6 Å². The van der Waals surface area contributed by atoms with Crippen molar-refractivity contribution >= 4 is 33.1 Å². The van der Waals surface area contributed by atoms with Crippen LogP contribution < -0.4 is 5.32 Å². The number of aryl methyl sites for hydroxylation is 1. The first-order valence-electron chi connectivity index (χ1n) is 12.9. The highest BCUT2D eigenvalue weighted by Crippen LogP contribution is 2.60. The normalized spacial score (nSPS) is 23.5. The van der Waals surface area contributed by atoms with E-state index >= 15 is 0 Å². The van der Waals surface area contributed by atoms with Gasteiger partial charge in [-0.1, -0.05) is 91.9 Å². The minimum atomic E-state index is -0.614. The maximum atomic E-state index is 14.2. The van der Waals surface area contributed by atoms with Crippen LogP contribution in [0.5, 0.6) is 0 Å². The Kier molecular flexibility index (Phi) is 4.93. The summed E-state index contributed by atoms with van der Waals surface area (Å²) in [6.07, 6.45) is 0. The topological polar surface area (TPSA) is 42.0 Å². The number of hydrogen-bond acceptors (Lipinski definition) is 3. The number of hydrogen-bond donors (Lipinski definition) is 1. The van der Waals surface area contributed by atoms with Crippen LogP contribution in [0.3, 0.4) is 0 Å². The van der Waals surface area contributed by atoms with Gasteiger partial charge in [-0.15, -0.1) is 11.3 Å². The van der Waals surface area contributed by atoms with E-state index < -0.39 is 5.41 Å². The fourth-order valence-electron chi connectivity index (χ4n) is 6.88. The summed E-state index contributed by atoms with van der Waals surface area (Å²) in [5.74, 6) is 0.365. The van der Waals surface area contributed by atoms with Gasteiger partial charge in [0.25, 0.3) is 0 Å². The highest BCUT2D eigenvalue weighted by Gasteiger charge is 2.55. The summed E-state index contributed by atoms with van der Waals surface area (Å²) >= 11 is 1.50. The van der Waals surface area contributed by atoms with Crippen molar-refractivity contribution in [3.63, 3.8) is 0 Å². The highest BCUT2D eigenvalue weighted by atomic mass is 32.1. The van der Waals surface area contributed by atoms with E-state index in [4.69, 9.17) is 4.98 Å². The van der Waals surface area contributed by atoms with E-state index in [1.807, 2.05) is 0 Å². The number of nitrogens with zero attached hydrogens (tertiary/aromatic N) is 1. The van der Waals surface area contributed by atoms with Crippen LogP contribution in [0.4, 0.5) is 5.13 Å². The molecule has 1 heterocycles. The Morgan fingerprint density at radius 1 is 0.892 bits per heavy atom. The van der Waals surface area contributed by atoms with Gasteiger partial charge in [0.2, 0.25) is 5.91 Å². The van der Waals surface area contributed by atoms with Crippen LogP contribution in [0.2, 0.25) is 0 Å². The quantitative estimate of drug-likeness (QED) is 0.272. The second kappa shape index (κ2) is 8.12. The van der Waals surface area contributed by atoms with E-state index in [-0.39, 0.29) is 23.7 Å². The molecule has 37 heavy (non-hydrogen) atoms. The van der Waals surface area contributed by atoms with Crippen LogP contribution in [0.1, 0.15) is 53.5 Å². The zero-order valence-corrected chi connectivity index (χ0v) is 22.0. The van der Waals surface area contributed by atoms with Gasteiger partial charge in [-0.05, 0) is 58.4 Å². The first-order chi connectivity index (χ1) is 18.0. The predicted molar refractivity (Wildman–Crippen MR) is 152 cm³/mol. The summed E-state index contributed by atoms with van der Waals surface area (Å²) in [6, 6.07) is 30.3. The fraction of sp³-hybridized carbons (Fsp3) is 0.212. The van der Waals surface area contributed by atoms with Gasteiger partial charge >= 0.3 is 0 Å². The van der Waals surface area contributed by atoms with Gasteiger partial charge in [0, 0.05) is 22.8 Å². The van der Waals surface area contributed by atoms with Gasteiger partial charge in [-0.25, -0.2) is 4.98 Å². The van der Waals surface area contributed by atoms with E-state index in [2.05, 4.69) is 116 Å². The van der Waals surface area contributed by atoms with Crippen molar-refractivity contribution in [2.24, 2.45) is 11.3 Å². The molecule has 0 fully saturated rings. The summed E-state index contributed by atoms with van der Waals surface area (Å²) in [6.45, 7) is 6.53. The van der Waals surface area contributed by atoms with E-state index in [0.717, 1.165) is 11.3 Å². The summed E-state index contributed by atoms with van der Waals surface area (Å²) in [5.41, 5.74) is 7.78. The minimum absolute atomic E-state index is 0.00197. The second-order valence-corrected chi connectivity index (χ2v) is 11.6. The predicted octanol–water partition coefficient (Wildman–Crippen LogP) is 8.14. The van der Waals surface area contributed by atoms with Crippen molar-refractivity contribution in [1.82, 2.24) is 4.98 Å². The molecule has 8 rings (SSSR count). The molecule has 1 amide bonds. The highest BCUT2D eigenvalue weighted by molar-refractivity contribution is 7.14. The van der Waals surface area contributed by atoms with Crippen molar-refractivity contribution in [3.8, 4) is 11.3 Å². The number of carbonyl (C=O) groups is 1. The molecule has 3 aliphatic rings. The molecule has 182 valence electrons. The lowest BCUT2D eigenvalue weighted by molar-refractivity contribution is -0.129. The van der Waals surface area contributed by atoms with E-state index in [0.29, 0.717) is 5.13 Å². The number of fused-ring (bicyclic) bond motifs is 2. The third-order valence-electron chi connectivity index (χ3n) is 8.92. The molecule has 4 atom stereocenters. The SMILES string of the molecule is Cc1ccc(-c2csc(NC(=O)C3(C)C4c5cccc(c5)C(c5ccccc54)[C@H]3C)n2)c2ccccc12. The van der Waals surface area contributed by atoms with Crippen LogP contribution in [0, 0.1) is 18.3 Å². The number of nitrogens with one attached hydrogen (secondary N) is 1. The van der Waals surface area contributed by atoms with Gasteiger partial charge in [0.15, 0.2) is 5.13 Å². The first-order valence-corrected chi connectivity index (χ1v) is 13.8. The molecule has 0 saturated carbocycles. The molecule has 3 unspecified atom stereocenters. The Balaban J connectivity index is 1.27. The molecule has 4 heteroatoms. The van der Waals surface area contributed by atoms with Crippen molar-refractivity contribution in [2.75, 3.05) is 5.32 Å². The molecule has 1 aromatic heterocycles. The van der Waals surface area contributed by atoms with Crippen LogP contribution in [0.15, 0.2) is 90.3 Å². The molecule has 0 spiro atoms. The Morgan fingerprint density at radius 2 is 1.62 bits per heavy atom. The Morgan fingerprint density at radius 3 is 2.46 bits per heavy atom. The third-order valence-corrected chi connectivity index (χ3v) is 9.68. The lowest BCUT2D eigenvalue weighted by Gasteiger charge is -2.47. The maximum absolute atomic E-state index is 14.2. The number of amides is 1. The van der Waals surface area contributed by atoms with Crippen LogP contribution in [0.25, 0.3) is 22.0 Å². The average molecular weight is 501 g/mol. The third kappa shape index (κ3) is 3.18. The molecule has 5 aromatic rings. The van der Waals surface area contributed by atoms with Gasteiger partial charge in [-0.2, -0.15) is 0 Å². The first kappa shape index (κ1) is 22.4. The summed E-state index contributed by atoms with van der Waals surface area (Å²) < 4.78 is 0. The monoisotopic (exact) mass is 500 g/mol. The van der Waals surface area contributed by atoms with Gasteiger partial charge in [0.1, 0.15) is 0 Å². The molecule has 4 bridgehead atoms. The second-order valence-electron chi connectivity index (χ2n) is 10.7. The summed E-state index contributed by atoms with van der Waals surface area (Å²) in [7, 11) is 0. The molecular weight excluding hydrogens is 472 g/mol. The fourth-order valence-corrected chi connectivity index (χ4v) is 7.59. The lowest BCUT2D eigenvalue weighted by atomic mass is 9.55. The number of anilines is 1. The van der Waals surface area contributed by atoms with Crippen LogP contribution in [-0.4, -0.2) is 10.9 Å². The molecular formula is C33H28N2OS. The smallest absolute Gasteiger partial charge is 0.233 e. The van der Waals surface area contributed by atoms with Gasteiger partial charge < -0.3 is 5.32 Å². The largest absolute Gasteiger partial charge is 0.301 e. The number of benzene rings is 4. The van der Waals surface area contributed by atoms with Crippen molar-refractivity contribution in [3.05, 3.63) is 118 Å². The van der Waals surface area contributed by atoms with Gasteiger partial charge in [-0.3, -0.25) is 4.79 Å². The molecule has 4 aromatic carbocycles. The molecule has 3 nitrogen and oxygen atoms in total. The van der Waals surface area contributed by atoms with E-state index in [1.165, 1.54) is 49.9 Å². The number of rotatable bonds is 3. The Hall–Kier alpha value is -3.76. The molecule has 3 aliphatic carbocycles. The lowest BCUT2D eigenvalue weighted by Crippen LogP contribution is -2.48. The standard InChI is InChI=1S/C33H28N2OS/c1-19-15-16-25(24-12-5-4-11-23(19)24)28-18-37-32(34-28)35-31(36)33(3)20(2)29-21-9-8-10-22(17-21)30(33)27-14-7-6-13-26(27)29/h4-18,20,29-30H,1-3H3,(H,34,35,36)/t20-,29?,30?,33?/m1/s1. The number of thiazole rings is 1. The van der Waals surface area contributed by atoms with Crippen LogP contribution >= 0.6 is 11.3 Å². The van der Waals surface area contributed by atoms with Crippen molar-refractivity contribution in [1.29, 1.82) is 0 Å². The van der Waals surface area contributed by atoms with Crippen molar-refractivity contribution < 1.29 is 4.79 Å². The number of aromatic nitrogens is 1. The minimum Gasteiger partial charge on any atom is -0.301 e. The molecule has 1 N–H and O–H groups in total. The Labute approximate surface area is 221 Å². The average Bonchev–Trinajstić information content (AvgIpc) is 3.32. The van der Waals surface area contributed by atoms with E-state index in [1.54, 1.807) is 0 Å². The molecule has 0 saturated heterocycles. The zero-order valence-electron chi connectivity index (χ0n) is 21.2. The zero-order chi connectivity index (χ0) is 25.3. The van der Waals surface area contributed by atoms with Gasteiger partial charge in [0.05, 0.1) is 11.1 Å². The molecule has 0 aliphatic heterocycles. The van der Waals surface area contributed by atoms with E-state index in [9.17, 15) is 4.79 Å². The maximum Gasteiger partial charge on any atom is 0.233 e. The molecule has 0 radical (unpaired) electrons. The Bertz CT molecular complexity index is 1700.